The van der Waals surface area contributed by atoms with Crippen LogP contribution in [0.15, 0.2) is 71.6 Å². The summed E-state index contributed by atoms with van der Waals surface area (Å²) in [5, 5.41) is 13.7. The Kier molecular flexibility index (Phi) is 3.80. The summed E-state index contributed by atoms with van der Waals surface area (Å²) in [5.74, 6) is 0. The molecule has 0 amide bonds. The molecule has 0 saturated heterocycles. The molecule has 5 nitrogen and oxygen atoms in total. The van der Waals surface area contributed by atoms with Gasteiger partial charge in [-0.1, -0.05) is 42.5 Å². The Bertz CT molecular complexity index is 1090. The number of hydrogen-bond acceptors (Lipinski definition) is 3. The maximum absolute atomic E-state index is 13.0. The highest BCUT2D eigenvalue weighted by Crippen LogP contribution is 2.29. The van der Waals surface area contributed by atoms with Gasteiger partial charge in [-0.2, -0.15) is 0 Å². The minimum absolute atomic E-state index is 0.0891. The van der Waals surface area contributed by atoms with Crippen molar-refractivity contribution in [1.82, 2.24) is 0 Å². The number of fused-ring (bicyclic) bond motifs is 2. The number of hydrogen-bond donors (Lipinski definition) is 2. The summed E-state index contributed by atoms with van der Waals surface area (Å²) in [5.41, 5.74) is 1.47. The second-order valence-corrected chi connectivity index (χ2v) is 7.53. The zero-order valence-corrected chi connectivity index (χ0v) is 14.1. The number of nitrogens with one attached hydrogen (secondary N) is 2. The average Bonchev–Trinajstić information content (AvgIpc) is 2.61. The minimum Gasteiger partial charge on any atom is -0.629 e. The smallest absolute Gasteiger partial charge is 0.262 e. The van der Waals surface area contributed by atoms with Crippen molar-refractivity contribution in [3.63, 3.8) is 0 Å². The van der Waals surface area contributed by atoms with Crippen LogP contribution in [0.4, 0.5) is 11.4 Å². The fourth-order valence-electron chi connectivity index (χ4n) is 3.13. The van der Waals surface area contributed by atoms with Gasteiger partial charge in [0.05, 0.1) is 4.90 Å². The molecule has 0 spiro atoms. The van der Waals surface area contributed by atoms with E-state index >= 15 is 0 Å². The molecule has 3 aromatic rings. The summed E-state index contributed by atoms with van der Waals surface area (Å²) in [6.07, 6.45) is 3.63. The van der Waals surface area contributed by atoms with Crippen molar-refractivity contribution in [1.29, 1.82) is 0 Å². The van der Waals surface area contributed by atoms with Gasteiger partial charge in [0, 0.05) is 10.9 Å². The Hall–Kier alpha value is -2.67. The first-order chi connectivity index (χ1) is 12.1. The van der Waals surface area contributed by atoms with Gasteiger partial charge in [-0.25, -0.2) is 8.42 Å². The standard InChI is InChI=1S/C19H16N2O3S/c22-21-13-5-9-15-8-3-11-17(19(15)21)20-25(23,24)18-12-4-7-14-6-1-2-10-16(14)18/h1-12,20-21H,13H2. The van der Waals surface area contributed by atoms with Crippen LogP contribution in [0.25, 0.3) is 16.8 Å². The second-order valence-electron chi connectivity index (χ2n) is 5.88. The predicted octanol–water partition coefficient (Wildman–Crippen LogP) is 2.68. The van der Waals surface area contributed by atoms with Crippen LogP contribution in [0.2, 0.25) is 0 Å². The van der Waals surface area contributed by atoms with Crippen LogP contribution in [-0.2, 0) is 10.0 Å². The molecule has 1 aliphatic heterocycles. The van der Waals surface area contributed by atoms with E-state index in [2.05, 4.69) is 4.72 Å². The zero-order chi connectivity index (χ0) is 17.4. The monoisotopic (exact) mass is 352 g/mol. The predicted molar refractivity (Wildman–Crippen MR) is 99.1 cm³/mol. The van der Waals surface area contributed by atoms with E-state index in [9.17, 15) is 13.6 Å². The summed E-state index contributed by atoms with van der Waals surface area (Å²) in [6.45, 7) is 0.278. The molecule has 6 heteroatoms. The van der Waals surface area contributed by atoms with Crippen LogP contribution in [0, 0.1) is 5.21 Å². The first-order valence-electron chi connectivity index (χ1n) is 7.89. The third-order valence-electron chi connectivity index (χ3n) is 4.26. The van der Waals surface area contributed by atoms with Gasteiger partial charge in [-0.05, 0) is 35.7 Å². The lowest BCUT2D eigenvalue weighted by atomic mass is 10.1. The van der Waals surface area contributed by atoms with Crippen molar-refractivity contribution in [2.75, 3.05) is 11.3 Å². The molecular weight excluding hydrogens is 336 g/mol. The quantitative estimate of drug-likeness (QED) is 0.712. The summed E-state index contributed by atoms with van der Waals surface area (Å²) in [6, 6.07) is 17.6. The molecule has 0 saturated carbocycles. The third kappa shape index (κ3) is 2.80. The maximum Gasteiger partial charge on any atom is 0.262 e. The van der Waals surface area contributed by atoms with Gasteiger partial charge in [-0.15, -0.1) is 0 Å². The Balaban J connectivity index is 1.82. The van der Waals surface area contributed by atoms with Crippen LogP contribution < -0.4 is 9.79 Å². The Morgan fingerprint density at radius 3 is 2.60 bits per heavy atom. The Morgan fingerprint density at radius 1 is 0.960 bits per heavy atom. The fourth-order valence-corrected chi connectivity index (χ4v) is 4.43. The summed E-state index contributed by atoms with van der Waals surface area (Å²) < 4.78 is 28.5. The van der Waals surface area contributed by atoms with E-state index in [0.29, 0.717) is 16.8 Å². The first-order valence-corrected chi connectivity index (χ1v) is 9.38. The zero-order valence-electron chi connectivity index (χ0n) is 13.3. The highest BCUT2D eigenvalue weighted by atomic mass is 32.2. The van der Waals surface area contributed by atoms with Gasteiger partial charge in [0.15, 0.2) is 5.69 Å². The molecule has 0 aliphatic carbocycles. The van der Waals surface area contributed by atoms with Crippen molar-refractivity contribution < 1.29 is 13.5 Å². The van der Waals surface area contributed by atoms with Gasteiger partial charge in [0.25, 0.3) is 10.0 Å². The van der Waals surface area contributed by atoms with Gasteiger partial charge >= 0.3 is 0 Å². The highest BCUT2D eigenvalue weighted by Gasteiger charge is 2.23. The molecule has 1 atom stereocenters. The average molecular weight is 352 g/mol. The van der Waals surface area contributed by atoms with Crippen molar-refractivity contribution in [2.45, 2.75) is 4.90 Å². The second kappa shape index (κ2) is 6.00. The van der Waals surface area contributed by atoms with Crippen molar-refractivity contribution >= 4 is 38.2 Å². The van der Waals surface area contributed by atoms with Crippen molar-refractivity contribution in [3.8, 4) is 0 Å². The molecule has 0 bridgehead atoms. The molecule has 0 aromatic heterocycles. The molecule has 1 heterocycles. The fraction of sp³-hybridized carbons (Fsp3) is 0.0526. The van der Waals surface area contributed by atoms with E-state index < -0.39 is 10.0 Å². The number of hydroxylamine groups is 1. The molecule has 0 fully saturated rings. The van der Waals surface area contributed by atoms with Crippen LogP contribution in [0.3, 0.4) is 0 Å². The molecule has 1 aliphatic rings. The van der Waals surface area contributed by atoms with Gasteiger partial charge in [0.1, 0.15) is 12.2 Å². The first kappa shape index (κ1) is 15.8. The number of rotatable bonds is 3. The van der Waals surface area contributed by atoms with E-state index in [1.165, 1.54) is 0 Å². The molecular formula is C19H16N2O3S. The highest BCUT2D eigenvalue weighted by molar-refractivity contribution is 7.93. The van der Waals surface area contributed by atoms with E-state index in [1.807, 2.05) is 24.3 Å². The molecule has 3 aromatic carbocycles. The third-order valence-corrected chi connectivity index (χ3v) is 5.68. The topological polar surface area (TPSA) is 73.7 Å². The SMILES string of the molecule is O=S(=O)(Nc1cccc2c1[NH+]([O-])CC=C2)c1cccc2ccccc12. The number of quaternary nitrogens is 1. The normalized spacial score (nSPS) is 16.6. The molecule has 1 unspecified atom stereocenters. The maximum atomic E-state index is 13.0. The van der Waals surface area contributed by atoms with Gasteiger partial charge < -0.3 is 10.3 Å². The number of benzene rings is 3. The van der Waals surface area contributed by atoms with Crippen LogP contribution >= 0.6 is 0 Å². The van der Waals surface area contributed by atoms with Crippen LogP contribution in [0.1, 0.15) is 5.56 Å². The van der Waals surface area contributed by atoms with Crippen LogP contribution in [0.5, 0.6) is 0 Å². The Morgan fingerprint density at radius 2 is 1.72 bits per heavy atom. The van der Waals surface area contributed by atoms with Crippen molar-refractivity contribution in [3.05, 3.63) is 77.5 Å². The van der Waals surface area contributed by atoms with E-state index in [-0.39, 0.29) is 16.5 Å². The minimum atomic E-state index is -3.82. The summed E-state index contributed by atoms with van der Waals surface area (Å²) >= 11 is 0. The van der Waals surface area contributed by atoms with Gasteiger partial charge in [0.2, 0.25) is 0 Å². The van der Waals surface area contributed by atoms with E-state index in [1.54, 1.807) is 48.5 Å². The lowest BCUT2D eigenvalue weighted by molar-refractivity contribution is -0.768. The lowest BCUT2D eigenvalue weighted by Crippen LogP contribution is -3.02. The number of sulfonamides is 1. The van der Waals surface area contributed by atoms with Crippen LogP contribution in [-0.4, -0.2) is 15.0 Å². The number of anilines is 1. The number of para-hydroxylation sites is 1. The van der Waals surface area contributed by atoms with E-state index in [4.69, 9.17) is 0 Å². The summed E-state index contributed by atoms with van der Waals surface area (Å²) in [7, 11) is -3.82. The summed E-state index contributed by atoms with van der Waals surface area (Å²) in [4.78, 5) is 0.196. The molecule has 126 valence electrons. The van der Waals surface area contributed by atoms with Crippen molar-refractivity contribution in [2.24, 2.45) is 0 Å². The Labute approximate surface area is 145 Å². The largest absolute Gasteiger partial charge is 0.629 e. The lowest BCUT2D eigenvalue weighted by Gasteiger charge is -2.27. The molecule has 25 heavy (non-hydrogen) atoms. The molecule has 4 rings (SSSR count). The van der Waals surface area contributed by atoms with Gasteiger partial charge in [-0.3, -0.25) is 4.72 Å². The van der Waals surface area contributed by atoms with E-state index in [0.717, 1.165) is 10.9 Å². The molecule has 0 radical (unpaired) electrons. The molecule has 2 N–H and O–H groups in total.